The lowest BCUT2D eigenvalue weighted by atomic mass is 10.2. The number of hydrogen-bond acceptors (Lipinski definition) is 3. The summed E-state index contributed by atoms with van der Waals surface area (Å²) < 4.78 is 0. The molecule has 54 valence electrons. The van der Waals surface area contributed by atoms with Crippen molar-refractivity contribution in [2.45, 2.75) is 19.4 Å². The van der Waals surface area contributed by atoms with Crippen molar-refractivity contribution in [1.82, 2.24) is 5.32 Å². The van der Waals surface area contributed by atoms with Gasteiger partial charge in [-0.3, -0.25) is 4.79 Å². The summed E-state index contributed by atoms with van der Waals surface area (Å²) in [6, 6.07) is -0.0571. The Morgan fingerprint density at radius 1 is 1.78 bits per heavy atom. The molecule has 3 heteroatoms. The number of Topliss-reactive ketones (excluding diaryl/α,β-unsaturated/α-hetero) is 1. The average Bonchev–Trinajstić information content (AvgIpc) is 1.90. The van der Waals surface area contributed by atoms with Crippen molar-refractivity contribution in [2.24, 2.45) is 0 Å². The Bertz CT molecular complexity index is 91.1. The van der Waals surface area contributed by atoms with Crippen LogP contribution in [-0.4, -0.2) is 24.6 Å². The molecule has 1 unspecified atom stereocenters. The number of carbonyl (C=O) groups excluding carboxylic acids is 1. The van der Waals surface area contributed by atoms with E-state index in [1.807, 2.05) is 6.92 Å². The fourth-order valence-corrected chi connectivity index (χ4v) is 0.987. The number of hydrogen-bond donors (Lipinski definition) is 2. The molecule has 0 aromatic heterocycles. The Kier molecular flexibility index (Phi) is 4.81. The van der Waals surface area contributed by atoms with Crippen molar-refractivity contribution in [1.29, 1.82) is 0 Å². The van der Waals surface area contributed by atoms with Gasteiger partial charge in [0.1, 0.15) is 5.78 Å². The number of thiol groups is 1. The standard InChI is InChI=1S/C6H13NOS/c1-3-6(8)5(4-9)7-2/h5,7,9H,3-4H2,1-2H3. The van der Waals surface area contributed by atoms with E-state index in [-0.39, 0.29) is 11.8 Å². The Labute approximate surface area is 61.4 Å². The summed E-state index contributed by atoms with van der Waals surface area (Å²) in [5.41, 5.74) is 0. The van der Waals surface area contributed by atoms with Crippen molar-refractivity contribution in [2.75, 3.05) is 12.8 Å². The van der Waals surface area contributed by atoms with Crippen LogP contribution in [0.15, 0.2) is 0 Å². The van der Waals surface area contributed by atoms with E-state index in [0.29, 0.717) is 12.2 Å². The third kappa shape index (κ3) is 2.87. The van der Waals surface area contributed by atoms with Gasteiger partial charge in [-0.1, -0.05) is 6.92 Å². The van der Waals surface area contributed by atoms with Gasteiger partial charge in [0.05, 0.1) is 6.04 Å². The van der Waals surface area contributed by atoms with E-state index in [1.165, 1.54) is 0 Å². The molecule has 0 aliphatic rings. The molecule has 0 rings (SSSR count). The Morgan fingerprint density at radius 3 is 2.44 bits per heavy atom. The number of carbonyl (C=O) groups is 1. The van der Waals surface area contributed by atoms with Crippen molar-refractivity contribution < 1.29 is 4.79 Å². The van der Waals surface area contributed by atoms with E-state index in [0.717, 1.165) is 0 Å². The number of rotatable bonds is 4. The summed E-state index contributed by atoms with van der Waals surface area (Å²) in [5, 5.41) is 2.88. The molecule has 0 saturated heterocycles. The van der Waals surface area contributed by atoms with Crippen LogP contribution in [0.3, 0.4) is 0 Å². The first kappa shape index (κ1) is 8.98. The van der Waals surface area contributed by atoms with Crippen molar-refractivity contribution >= 4 is 18.4 Å². The summed E-state index contributed by atoms with van der Waals surface area (Å²) >= 11 is 4.01. The fourth-order valence-electron chi connectivity index (χ4n) is 0.600. The molecule has 2 nitrogen and oxygen atoms in total. The molecule has 0 aromatic rings. The van der Waals surface area contributed by atoms with E-state index in [4.69, 9.17) is 0 Å². The molecule has 0 aliphatic heterocycles. The molecule has 0 aromatic carbocycles. The van der Waals surface area contributed by atoms with Gasteiger partial charge in [0.15, 0.2) is 0 Å². The minimum atomic E-state index is -0.0571. The maximum atomic E-state index is 10.9. The maximum absolute atomic E-state index is 10.9. The van der Waals surface area contributed by atoms with Crippen LogP contribution in [0.4, 0.5) is 0 Å². The molecule has 9 heavy (non-hydrogen) atoms. The van der Waals surface area contributed by atoms with Crippen LogP contribution in [0.1, 0.15) is 13.3 Å². The van der Waals surface area contributed by atoms with Gasteiger partial charge in [-0.15, -0.1) is 0 Å². The van der Waals surface area contributed by atoms with Crippen LogP contribution in [0, 0.1) is 0 Å². The largest absolute Gasteiger partial charge is 0.310 e. The molecular formula is C6H13NOS. The van der Waals surface area contributed by atoms with E-state index in [9.17, 15) is 4.79 Å². The van der Waals surface area contributed by atoms with Crippen LogP contribution < -0.4 is 5.32 Å². The summed E-state index contributed by atoms with van der Waals surface area (Å²) in [4.78, 5) is 10.9. The maximum Gasteiger partial charge on any atom is 0.150 e. The van der Waals surface area contributed by atoms with Crippen LogP contribution in [-0.2, 0) is 4.79 Å². The van der Waals surface area contributed by atoms with Crippen LogP contribution in [0.2, 0.25) is 0 Å². The highest BCUT2D eigenvalue weighted by Crippen LogP contribution is 1.92. The number of nitrogens with one attached hydrogen (secondary N) is 1. The molecule has 0 fully saturated rings. The smallest absolute Gasteiger partial charge is 0.150 e. The average molecular weight is 147 g/mol. The quantitative estimate of drug-likeness (QED) is 0.566. The molecule has 0 aliphatic carbocycles. The van der Waals surface area contributed by atoms with Gasteiger partial charge < -0.3 is 5.32 Å². The van der Waals surface area contributed by atoms with E-state index in [2.05, 4.69) is 17.9 Å². The molecule has 1 N–H and O–H groups in total. The normalized spacial score (nSPS) is 13.2. The predicted molar refractivity (Wildman–Crippen MR) is 42.0 cm³/mol. The van der Waals surface area contributed by atoms with E-state index < -0.39 is 0 Å². The zero-order chi connectivity index (χ0) is 7.28. The first-order valence-electron chi connectivity index (χ1n) is 3.07. The molecule has 0 amide bonds. The molecule has 0 heterocycles. The topological polar surface area (TPSA) is 29.1 Å². The Morgan fingerprint density at radius 2 is 2.33 bits per heavy atom. The highest BCUT2D eigenvalue weighted by molar-refractivity contribution is 7.80. The molecule has 1 atom stereocenters. The summed E-state index contributed by atoms with van der Waals surface area (Å²) in [5.74, 6) is 0.816. The molecule has 0 saturated carbocycles. The van der Waals surface area contributed by atoms with Crippen molar-refractivity contribution in [3.8, 4) is 0 Å². The Balaban J connectivity index is 3.64. The monoisotopic (exact) mass is 147 g/mol. The van der Waals surface area contributed by atoms with Crippen LogP contribution in [0.5, 0.6) is 0 Å². The van der Waals surface area contributed by atoms with E-state index in [1.54, 1.807) is 7.05 Å². The minimum absolute atomic E-state index is 0.0571. The van der Waals surface area contributed by atoms with Gasteiger partial charge in [-0.25, -0.2) is 0 Å². The van der Waals surface area contributed by atoms with Crippen molar-refractivity contribution in [3.05, 3.63) is 0 Å². The molecule has 0 spiro atoms. The van der Waals surface area contributed by atoms with Gasteiger partial charge in [-0.05, 0) is 7.05 Å². The lowest BCUT2D eigenvalue weighted by Crippen LogP contribution is -2.35. The Hall–Kier alpha value is -0.0200. The first-order chi connectivity index (χ1) is 4.26. The van der Waals surface area contributed by atoms with Gasteiger partial charge in [0.2, 0.25) is 0 Å². The van der Waals surface area contributed by atoms with E-state index >= 15 is 0 Å². The lowest BCUT2D eigenvalue weighted by molar-refractivity contribution is -0.120. The number of likely N-dealkylation sites (N-methyl/N-ethyl adjacent to an activating group) is 1. The molecule has 0 bridgehead atoms. The fraction of sp³-hybridized carbons (Fsp3) is 0.833. The highest BCUT2D eigenvalue weighted by Gasteiger charge is 2.10. The highest BCUT2D eigenvalue weighted by atomic mass is 32.1. The second-order valence-electron chi connectivity index (χ2n) is 1.84. The lowest BCUT2D eigenvalue weighted by Gasteiger charge is -2.08. The SMILES string of the molecule is CCC(=O)C(CS)NC. The zero-order valence-electron chi connectivity index (χ0n) is 5.85. The third-order valence-electron chi connectivity index (χ3n) is 1.27. The summed E-state index contributed by atoms with van der Waals surface area (Å²) in [6.07, 6.45) is 0.589. The predicted octanol–water partition coefficient (Wildman–Crippen LogP) is 0.483. The summed E-state index contributed by atoms with van der Waals surface area (Å²) in [7, 11) is 1.77. The second-order valence-corrected chi connectivity index (χ2v) is 2.21. The van der Waals surface area contributed by atoms with Gasteiger partial charge in [0, 0.05) is 12.2 Å². The van der Waals surface area contributed by atoms with Crippen LogP contribution >= 0.6 is 12.6 Å². The summed E-state index contributed by atoms with van der Waals surface area (Å²) in [6.45, 7) is 1.86. The minimum Gasteiger partial charge on any atom is -0.310 e. The van der Waals surface area contributed by atoms with Gasteiger partial charge >= 0.3 is 0 Å². The molecular weight excluding hydrogens is 134 g/mol. The van der Waals surface area contributed by atoms with Gasteiger partial charge in [0.25, 0.3) is 0 Å². The third-order valence-corrected chi connectivity index (χ3v) is 1.63. The second kappa shape index (κ2) is 4.82. The first-order valence-corrected chi connectivity index (χ1v) is 3.70. The molecule has 0 radical (unpaired) electrons. The zero-order valence-corrected chi connectivity index (χ0v) is 6.74. The van der Waals surface area contributed by atoms with Crippen molar-refractivity contribution in [3.63, 3.8) is 0 Å². The van der Waals surface area contributed by atoms with Crippen LogP contribution in [0.25, 0.3) is 0 Å². The van der Waals surface area contributed by atoms with Gasteiger partial charge in [-0.2, -0.15) is 12.6 Å². The number of ketones is 1.